The van der Waals surface area contributed by atoms with Gasteiger partial charge in [0.15, 0.2) is 0 Å². The zero-order valence-electron chi connectivity index (χ0n) is 6.67. The van der Waals surface area contributed by atoms with E-state index in [1.54, 1.807) is 6.07 Å². The van der Waals surface area contributed by atoms with E-state index in [0.29, 0.717) is 14.7 Å². The Kier molecular flexibility index (Phi) is 3.33. The molecule has 0 aliphatic carbocycles. The molecule has 0 saturated carbocycles. The lowest BCUT2D eigenvalue weighted by Crippen LogP contribution is -1.99. The van der Waals surface area contributed by atoms with Gasteiger partial charge in [-0.3, -0.25) is 0 Å². The number of carboxylic acids is 1. The van der Waals surface area contributed by atoms with Crippen LogP contribution in [-0.4, -0.2) is 18.2 Å². The van der Waals surface area contributed by atoms with E-state index in [0.717, 1.165) is 0 Å². The zero-order valence-corrected chi connectivity index (χ0v) is 9.85. The van der Waals surface area contributed by atoms with Gasteiger partial charge in [0.1, 0.15) is 5.75 Å². The predicted octanol–water partition coefficient (Wildman–Crippen LogP) is 2.92. The molecule has 70 valence electrons. The number of methoxy groups -OCH3 is 1. The summed E-state index contributed by atoms with van der Waals surface area (Å²) in [5.41, 5.74) is 0.172. The Bertz CT molecular complexity index is 349. The number of ether oxygens (including phenoxy) is 1. The lowest BCUT2D eigenvalue weighted by Gasteiger charge is -2.06. The van der Waals surface area contributed by atoms with E-state index in [9.17, 15) is 4.79 Å². The molecular formula is C8H6Br2O3. The van der Waals surface area contributed by atoms with Gasteiger partial charge in [0, 0.05) is 4.47 Å². The average Bonchev–Trinajstić information content (AvgIpc) is 2.08. The van der Waals surface area contributed by atoms with Crippen LogP contribution in [0.2, 0.25) is 0 Å². The first-order valence-electron chi connectivity index (χ1n) is 3.32. The fraction of sp³-hybridized carbons (Fsp3) is 0.125. The summed E-state index contributed by atoms with van der Waals surface area (Å²) in [6.07, 6.45) is 0. The Morgan fingerprint density at radius 3 is 2.54 bits per heavy atom. The van der Waals surface area contributed by atoms with Gasteiger partial charge in [0.2, 0.25) is 0 Å². The molecule has 0 aliphatic heterocycles. The van der Waals surface area contributed by atoms with Crippen molar-refractivity contribution in [2.24, 2.45) is 0 Å². The first-order valence-corrected chi connectivity index (χ1v) is 4.91. The monoisotopic (exact) mass is 308 g/mol. The third kappa shape index (κ3) is 2.22. The highest BCUT2D eigenvalue weighted by atomic mass is 79.9. The summed E-state index contributed by atoms with van der Waals surface area (Å²) in [7, 11) is 1.48. The van der Waals surface area contributed by atoms with Crippen LogP contribution < -0.4 is 4.74 Å². The van der Waals surface area contributed by atoms with Gasteiger partial charge in [-0.25, -0.2) is 4.79 Å². The SMILES string of the molecule is COc1cc(Br)cc(C(=O)O)c1Br. The molecule has 3 nitrogen and oxygen atoms in total. The van der Waals surface area contributed by atoms with E-state index in [1.165, 1.54) is 13.2 Å². The minimum atomic E-state index is -0.994. The van der Waals surface area contributed by atoms with E-state index < -0.39 is 5.97 Å². The molecule has 0 amide bonds. The molecule has 1 N–H and O–H groups in total. The molecule has 1 aromatic carbocycles. The summed E-state index contributed by atoms with van der Waals surface area (Å²) in [5, 5.41) is 8.80. The molecule has 0 saturated heterocycles. The third-order valence-electron chi connectivity index (χ3n) is 1.45. The zero-order chi connectivity index (χ0) is 10.0. The Morgan fingerprint density at radius 1 is 1.46 bits per heavy atom. The van der Waals surface area contributed by atoms with Crippen molar-refractivity contribution in [1.29, 1.82) is 0 Å². The maximum absolute atomic E-state index is 10.7. The van der Waals surface area contributed by atoms with Gasteiger partial charge in [-0.15, -0.1) is 0 Å². The molecule has 0 aromatic heterocycles. The van der Waals surface area contributed by atoms with Gasteiger partial charge < -0.3 is 9.84 Å². The first kappa shape index (κ1) is 10.5. The normalized spacial score (nSPS) is 9.77. The summed E-state index contributed by atoms with van der Waals surface area (Å²) >= 11 is 6.34. The number of carboxylic acid groups (broad SMARTS) is 1. The van der Waals surface area contributed by atoms with Crippen molar-refractivity contribution in [3.8, 4) is 5.75 Å². The smallest absolute Gasteiger partial charge is 0.337 e. The lowest BCUT2D eigenvalue weighted by molar-refractivity contribution is 0.0695. The maximum atomic E-state index is 10.7. The summed E-state index contributed by atoms with van der Waals surface area (Å²) in [4.78, 5) is 10.7. The molecule has 0 unspecified atom stereocenters. The Morgan fingerprint density at radius 2 is 2.08 bits per heavy atom. The van der Waals surface area contributed by atoms with E-state index in [4.69, 9.17) is 9.84 Å². The largest absolute Gasteiger partial charge is 0.496 e. The number of aromatic carboxylic acids is 1. The Balaban J connectivity index is 3.35. The molecule has 0 heterocycles. The van der Waals surface area contributed by atoms with Crippen LogP contribution in [0.25, 0.3) is 0 Å². The van der Waals surface area contributed by atoms with Gasteiger partial charge in [-0.2, -0.15) is 0 Å². The third-order valence-corrected chi connectivity index (χ3v) is 2.73. The maximum Gasteiger partial charge on any atom is 0.337 e. The van der Waals surface area contributed by atoms with Crippen molar-refractivity contribution in [1.82, 2.24) is 0 Å². The van der Waals surface area contributed by atoms with Crippen LogP contribution in [0.5, 0.6) is 5.75 Å². The summed E-state index contributed by atoms with van der Waals surface area (Å²) in [6, 6.07) is 3.20. The highest BCUT2D eigenvalue weighted by molar-refractivity contribution is 9.11. The van der Waals surface area contributed by atoms with E-state index >= 15 is 0 Å². The minimum absolute atomic E-state index is 0.172. The molecule has 0 radical (unpaired) electrons. The van der Waals surface area contributed by atoms with Gasteiger partial charge in [0.05, 0.1) is 17.1 Å². The summed E-state index contributed by atoms with van der Waals surface area (Å²) < 4.78 is 6.10. The van der Waals surface area contributed by atoms with Crippen LogP contribution in [0, 0.1) is 0 Å². The quantitative estimate of drug-likeness (QED) is 0.913. The molecule has 0 fully saturated rings. The predicted molar refractivity (Wildman–Crippen MR) is 55.4 cm³/mol. The van der Waals surface area contributed by atoms with Crippen LogP contribution in [0.15, 0.2) is 21.1 Å². The van der Waals surface area contributed by atoms with Crippen LogP contribution in [0.4, 0.5) is 0 Å². The Labute approximate surface area is 92.0 Å². The molecule has 13 heavy (non-hydrogen) atoms. The number of hydrogen-bond acceptors (Lipinski definition) is 2. The van der Waals surface area contributed by atoms with Crippen LogP contribution in [-0.2, 0) is 0 Å². The number of hydrogen-bond donors (Lipinski definition) is 1. The lowest BCUT2D eigenvalue weighted by atomic mass is 10.2. The van der Waals surface area contributed by atoms with Crippen molar-refractivity contribution in [3.63, 3.8) is 0 Å². The molecule has 0 bridgehead atoms. The van der Waals surface area contributed by atoms with Crippen molar-refractivity contribution < 1.29 is 14.6 Å². The molecule has 5 heteroatoms. The summed E-state index contributed by atoms with van der Waals surface area (Å²) in [5.74, 6) is -0.502. The van der Waals surface area contributed by atoms with E-state index in [2.05, 4.69) is 31.9 Å². The number of halogens is 2. The number of rotatable bonds is 2. The van der Waals surface area contributed by atoms with E-state index in [1.807, 2.05) is 0 Å². The van der Waals surface area contributed by atoms with Crippen LogP contribution in [0.3, 0.4) is 0 Å². The van der Waals surface area contributed by atoms with Crippen molar-refractivity contribution in [2.75, 3.05) is 7.11 Å². The Hall–Kier alpha value is -0.550. The number of benzene rings is 1. The van der Waals surface area contributed by atoms with Crippen LogP contribution >= 0.6 is 31.9 Å². The second-order valence-corrected chi connectivity index (χ2v) is 3.98. The van der Waals surface area contributed by atoms with Gasteiger partial charge >= 0.3 is 5.97 Å². The van der Waals surface area contributed by atoms with Crippen molar-refractivity contribution >= 4 is 37.8 Å². The highest BCUT2D eigenvalue weighted by Crippen LogP contribution is 2.32. The molecule has 0 spiro atoms. The fourth-order valence-corrected chi connectivity index (χ4v) is 1.87. The molecule has 0 aliphatic rings. The minimum Gasteiger partial charge on any atom is -0.496 e. The standard InChI is InChI=1S/C8H6Br2O3/c1-13-6-3-4(9)2-5(7(6)10)8(11)12/h2-3H,1H3,(H,11,12). The summed E-state index contributed by atoms with van der Waals surface area (Å²) in [6.45, 7) is 0. The fourth-order valence-electron chi connectivity index (χ4n) is 0.868. The average molecular weight is 310 g/mol. The highest BCUT2D eigenvalue weighted by Gasteiger charge is 2.13. The van der Waals surface area contributed by atoms with E-state index in [-0.39, 0.29) is 5.56 Å². The second-order valence-electron chi connectivity index (χ2n) is 2.27. The number of carbonyl (C=O) groups is 1. The second kappa shape index (κ2) is 4.11. The molecular weight excluding hydrogens is 304 g/mol. The van der Waals surface area contributed by atoms with Gasteiger partial charge in [-0.05, 0) is 28.1 Å². The topological polar surface area (TPSA) is 46.5 Å². The van der Waals surface area contributed by atoms with Crippen molar-refractivity contribution in [2.45, 2.75) is 0 Å². The van der Waals surface area contributed by atoms with Gasteiger partial charge in [-0.1, -0.05) is 15.9 Å². The van der Waals surface area contributed by atoms with Crippen LogP contribution in [0.1, 0.15) is 10.4 Å². The van der Waals surface area contributed by atoms with Gasteiger partial charge in [0.25, 0.3) is 0 Å². The molecule has 1 aromatic rings. The molecule has 1 rings (SSSR count). The molecule has 0 atom stereocenters. The van der Waals surface area contributed by atoms with Crippen molar-refractivity contribution in [3.05, 3.63) is 26.6 Å². The first-order chi connectivity index (χ1) is 6.06.